The third-order valence-corrected chi connectivity index (χ3v) is 10.1. The van der Waals surface area contributed by atoms with Gasteiger partial charge in [0, 0.05) is 32.6 Å². The van der Waals surface area contributed by atoms with Gasteiger partial charge in [-0.05, 0) is 45.4 Å². The second-order valence-corrected chi connectivity index (χ2v) is 9.86. The van der Waals surface area contributed by atoms with Gasteiger partial charge in [0.25, 0.3) is 0 Å². The largest absolute Gasteiger partial charge is 0.186 e. The van der Waals surface area contributed by atoms with Crippen LogP contribution < -0.4 is 5.30 Å². The molecule has 0 atom stereocenters. The molecular weight excluding hydrogens is 323 g/mol. The van der Waals surface area contributed by atoms with E-state index in [4.69, 9.17) is 0 Å². The number of hydrogen-bond donors (Lipinski definition) is 0. The van der Waals surface area contributed by atoms with E-state index in [-0.39, 0.29) is 0 Å². The quantitative estimate of drug-likeness (QED) is 0.547. The van der Waals surface area contributed by atoms with Crippen molar-refractivity contribution in [3.63, 3.8) is 0 Å². The molecule has 0 fully saturated rings. The first-order valence-corrected chi connectivity index (χ1v) is 11.6. The number of aryl methyl sites for hydroxylation is 1. The molecule has 0 saturated carbocycles. The van der Waals surface area contributed by atoms with Crippen LogP contribution in [0.15, 0.2) is 60.7 Å². The Kier molecular flexibility index (Phi) is 8.09. The Bertz CT molecular complexity index is 580. The van der Waals surface area contributed by atoms with E-state index in [0.29, 0.717) is 0 Å². The second kappa shape index (κ2) is 10.1. The van der Waals surface area contributed by atoms with E-state index >= 15 is 0 Å². The molecule has 0 unspecified atom stereocenters. The van der Waals surface area contributed by atoms with Crippen LogP contribution in [0.2, 0.25) is 0 Å². The lowest BCUT2D eigenvalue weighted by molar-refractivity contribution is 0.412. The van der Waals surface area contributed by atoms with E-state index < -0.39 is 7.56 Å². The lowest BCUT2D eigenvalue weighted by Gasteiger charge is -2.42. The summed E-state index contributed by atoms with van der Waals surface area (Å²) >= 11 is 0. The molecular formula is C22H34N2P+. The maximum absolute atomic E-state index is 2.75. The van der Waals surface area contributed by atoms with E-state index in [0.717, 1.165) is 32.6 Å². The van der Waals surface area contributed by atoms with Gasteiger partial charge in [0.05, 0.1) is 6.16 Å². The molecule has 0 saturated heterocycles. The van der Waals surface area contributed by atoms with Gasteiger partial charge in [0.2, 0.25) is 0 Å². The van der Waals surface area contributed by atoms with E-state index in [1.165, 1.54) is 17.0 Å². The molecule has 0 aliphatic carbocycles. The van der Waals surface area contributed by atoms with Crippen LogP contribution in [-0.2, 0) is 6.42 Å². The van der Waals surface area contributed by atoms with Gasteiger partial charge in [0.1, 0.15) is 5.30 Å². The minimum Gasteiger partial charge on any atom is -0.160 e. The van der Waals surface area contributed by atoms with Gasteiger partial charge in [-0.15, -0.1) is 0 Å². The predicted octanol–water partition coefficient (Wildman–Crippen LogP) is 5.09. The maximum atomic E-state index is 2.75. The molecule has 0 aliphatic rings. The first-order valence-electron chi connectivity index (χ1n) is 9.71. The normalized spacial score (nSPS) is 12.1. The number of hydrogen-bond acceptors (Lipinski definition) is 2. The van der Waals surface area contributed by atoms with Crippen LogP contribution >= 0.6 is 7.56 Å². The zero-order chi connectivity index (χ0) is 18.1. The van der Waals surface area contributed by atoms with Gasteiger partial charge >= 0.3 is 0 Å². The highest BCUT2D eigenvalue weighted by Gasteiger charge is 2.50. The van der Waals surface area contributed by atoms with Crippen molar-refractivity contribution in [1.82, 2.24) is 9.34 Å². The molecule has 2 rings (SSSR count). The molecule has 0 spiro atoms. The molecule has 0 aromatic heterocycles. The fraction of sp³-hybridized carbons (Fsp3) is 0.455. The molecule has 0 N–H and O–H groups in total. The Morgan fingerprint density at radius 2 is 1.08 bits per heavy atom. The highest BCUT2D eigenvalue weighted by atomic mass is 31.2. The minimum atomic E-state index is -1.57. The summed E-state index contributed by atoms with van der Waals surface area (Å²) in [5.41, 5.74) is 1.45. The van der Waals surface area contributed by atoms with Crippen LogP contribution in [0.25, 0.3) is 0 Å². The van der Waals surface area contributed by atoms with Gasteiger partial charge in [-0.3, -0.25) is 0 Å². The molecule has 0 bridgehead atoms. The number of nitrogens with zero attached hydrogens (tertiary/aromatic N) is 2. The van der Waals surface area contributed by atoms with Crippen molar-refractivity contribution in [2.45, 2.75) is 34.1 Å². The monoisotopic (exact) mass is 357 g/mol. The van der Waals surface area contributed by atoms with Crippen LogP contribution in [-0.4, -0.2) is 41.7 Å². The third kappa shape index (κ3) is 4.50. The van der Waals surface area contributed by atoms with E-state index in [1.54, 1.807) is 0 Å². The van der Waals surface area contributed by atoms with Crippen LogP contribution in [0.4, 0.5) is 0 Å². The predicted molar refractivity (Wildman–Crippen MR) is 114 cm³/mol. The first-order chi connectivity index (χ1) is 12.2. The van der Waals surface area contributed by atoms with Crippen molar-refractivity contribution in [2.24, 2.45) is 0 Å². The molecule has 136 valence electrons. The van der Waals surface area contributed by atoms with Crippen molar-refractivity contribution in [3.05, 3.63) is 66.2 Å². The van der Waals surface area contributed by atoms with Gasteiger partial charge in [-0.1, -0.05) is 48.5 Å². The fourth-order valence-corrected chi connectivity index (χ4v) is 8.82. The topological polar surface area (TPSA) is 6.48 Å². The van der Waals surface area contributed by atoms with Gasteiger partial charge in [0.15, 0.2) is 7.56 Å². The summed E-state index contributed by atoms with van der Waals surface area (Å²) in [6.07, 6.45) is 2.35. The van der Waals surface area contributed by atoms with Crippen LogP contribution in [0, 0.1) is 0 Å². The first kappa shape index (κ1) is 20.1. The van der Waals surface area contributed by atoms with Gasteiger partial charge < -0.3 is 0 Å². The van der Waals surface area contributed by atoms with Crippen molar-refractivity contribution >= 4 is 12.9 Å². The highest BCUT2D eigenvalue weighted by molar-refractivity contribution is 7.78. The fourth-order valence-electron chi connectivity index (χ4n) is 3.90. The summed E-state index contributed by atoms with van der Waals surface area (Å²) in [5.74, 6) is 0. The second-order valence-electron chi connectivity index (χ2n) is 6.30. The average molecular weight is 358 g/mol. The lowest BCUT2D eigenvalue weighted by atomic mass is 10.2. The van der Waals surface area contributed by atoms with Crippen molar-refractivity contribution in [2.75, 3.05) is 32.3 Å². The summed E-state index contributed by atoms with van der Waals surface area (Å²) in [6.45, 7) is 13.7. The average Bonchev–Trinajstić information content (AvgIpc) is 2.68. The zero-order valence-corrected chi connectivity index (χ0v) is 17.3. The molecule has 2 aromatic carbocycles. The van der Waals surface area contributed by atoms with E-state index in [2.05, 4.69) is 97.7 Å². The SMILES string of the molecule is CCN(CC)[P+](CCc1ccccc1)(c1ccccc1)N(CC)CC. The molecule has 2 nitrogen and oxygen atoms in total. The minimum absolute atomic E-state index is 1.10. The summed E-state index contributed by atoms with van der Waals surface area (Å²) < 4.78 is 5.50. The standard InChI is InChI=1S/C22H34N2P/c1-5-23(6-2)25(24(7-3)8-4,22-17-13-10-14-18-22)20-19-21-15-11-9-12-16-21/h9-18H,5-8,19-20H2,1-4H3/q+1. The summed E-state index contributed by atoms with van der Waals surface area (Å²) in [5, 5.41) is 1.53. The summed E-state index contributed by atoms with van der Waals surface area (Å²) in [7, 11) is -1.57. The molecule has 25 heavy (non-hydrogen) atoms. The molecule has 0 aliphatic heterocycles. The Labute approximate surface area is 155 Å². The van der Waals surface area contributed by atoms with Crippen molar-refractivity contribution in [3.8, 4) is 0 Å². The highest BCUT2D eigenvalue weighted by Crippen LogP contribution is 2.63. The number of rotatable bonds is 10. The van der Waals surface area contributed by atoms with Crippen LogP contribution in [0.1, 0.15) is 33.3 Å². The third-order valence-electron chi connectivity index (χ3n) is 5.12. The Morgan fingerprint density at radius 1 is 0.640 bits per heavy atom. The van der Waals surface area contributed by atoms with Crippen molar-refractivity contribution < 1.29 is 0 Å². The van der Waals surface area contributed by atoms with Gasteiger partial charge in [-0.2, -0.15) is 9.34 Å². The summed E-state index contributed by atoms with van der Waals surface area (Å²) in [4.78, 5) is 0. The molecule has 0 heterocycles. The Balaban J connectivity index is 2.49. The summed E-state index contributed by atoms with van der Waals surface area (Å²) in [6, 6.07) is 22.2. The van der Waals surface area contributed by atoms with Gasteiger partial charge in [-0.25, -0.2) is 0 Å². The Hall–Kier alpha value is -1.21. The van der Waals surface area contributed by atoms with E-state index in [1.807, 2.05) is 0 Å². The smallest absolute Gasteiger partial charge is 0.160 e. The lowest BCUT2D eigenvalue weighted by Crippen LogP contribution is -2.43. The van der Waals surface area contributed by atoms with Crippen LogP contribution in [0.5, 0.6) is 0 Å². The molecule has 2 aromatic rings. The van der Waals surface area contributed by atoms with Crippen molar-refractivity contribution in [1.29, 1.82) is 0 Å². The Morgan fingerprint density at radius 3 is 1.52 bits per heavy atom. The molecule has 0 amide bonds. The van der Waals surface area contributed by atoms with E-state index in [9.17, 15) is 0 Å². The maximum Gasteiger partial charge on any atom is 0.186 e. The number of benzene rings is 2. The zero-order valence-electron chi connectivity index (χ0n) is 16.4. The van der Waals surface area contributed by atoms with Crippen LogP contribution in [0.3, 0.4) is 0 Å². The molecule has 0 radical (unpaired) electrons. The molecule has 3 heteroatoms.